The zero-order valence-electron chi connectivity index (χ0n) is 12.5. The molecule has 1 fully saturated rings. The van der Waals surface area contributed by atoms with Gasteiger partial charge >= 0.3 is 0 Å². The predicted octanol–water partition coefficient (Wildman–Crippen LogP) is 4.25. The minimum absolute atomic E-state index is 0.349. The second-order valence-electron chi connectivity index (χ2n) is 6.21. The Labute approximate surface area is 116 Å². The van der Waals surface area contributed by atoms with Crippen LogP contribution in [0.5, 0.6) is 5.75 Å². The molecule has 106 valence electrons. The highest BCUT2D eigenvalue weighted by atomic mass is 16.5. The van der Waals surface area contributed by atoms with Gasteiger partial charge in [-0.25, -0.2) is 0 Å². The second-order valence-corrected chi connectivity index (χ2v) is 6.21. The maximum atomic E-state index is 9.58. The Bertz CT molecular complexity index is 425. The summed E-state index contributed by atoms with van der Waals surface area (Å²) in [5.74, 6) is 2.53. The lowest BCUT2D eigenvalue weighted by Crippen LogP contribution is -2.28. The smallest absolute Gasteiger partial charge is 0.122 e. The second kappa shape index (κ2) is 5.96. The van der Waals surface area contributed by atoms with Crippen LogP contribution in [0.25, 0.3) is 0 Å². The lowest BCUT2D eigenvalue weighted by Gasteiger charge is -2.32. The van der Waals surface area contributed by atoms with Crippen LogP contribution >= 0.6 is 0 Å². The molecule has 1 aromatic rings. The summed E-state index contributed by atoms with van der Waals surface area (Å²) in [4.78, 5) is 0. The van der Waals surface area contributed by atoms with Crippen LogP contribution < -0.4 is 4.74 Å². The van der Waals surface area contributed by atoms with Crippen LogP contribution in [0.15, 0.2) is 18.2 Å². The lowest BCUT2D eigenvalue weighted by atomic mass is 9.80. The van der Waals surface area contributed by atoms with E-state index in [2.05, 4.69) is 20.8 Å². The molecule has 0 saturated heterocycles. The van der Waals surface area contributed by atoms with Crippen molar-refractivity contribution in [2.75, 3.05) is 0 Å². The summed E-state index contributed by atoms with van der Waals surface area (Å²) >= 11 is 0. The third-order valence-electron chi connectivity index (χ3n) is 4.53. The highest BCUT2D eigenvalue weighted by Crippen LogP contribution is 2.33. The van der Waals surface area contributed by atoms with Crippen LogP contribution in [-0.4, -0.2) is 11.2 Å². The van der Waals surface area contributed by atoms with Gasteiger partial charge in [0.15, 0.2) is 0 Å². The van der Waals surface area contributed by atoms with E-state index in [9.17, 15) is 5.11 Å². The van der Waals surface area contributed by atoms with Crippen molar-refractivity contribution in [2.45, 2.75) is 59.2 Å². The fraction of sp³-hybridized carbons (Fsp3) is 0.647. The molecule has 1 aliphatic carbocycles. The first-order valence-electron chi connectivity index (χ1n) is 7.42. The Morgan fingerprint density at radius 1 is 1.21 bits per heavy atom. The third-order valence-corrected chi connectivity index (χ3v) is 4.53. The van der Waals surface area contributed by atoms with Crippen LogP contribution in [-0.2, 0) is 0 Å². The minimum atomic E-state index is -0.414. The molecule has 0 radical (unpaired) electrons. The summed E-state index contributed by atoms with van der Waals surface area (Å²) in [6, 6.07) is 5.98. The number of aliphatic hydroxyl groups is 1. The van der Waals surface area contributed by atoms with Crippen molar-refractivity contribution in [3.63, 3.8) is 0 Å². The molecule has 0 aromatic heterocycles. The van der Waals surface area contributed by atoms with Gasteiger partial charge < -0.3 is 9.84 Å². The van der Waals surface area contributed by atoms with E-state index in [-0.39, 0.29) is 0 Å². The molecule has 1 N–H and O–H groups in total. The van der Waals surface area contributed by atoms with E-state index in [0.29, 0.717) is 6.10 Å². The summed E-state index contributed by atoms with van der Waals surface area (Å²) in [5, 5.41) is 9.58. The third kappa shape index (κ3) is 3.50. The van der Waals surface area contributed by atoms with Gasteiger partial charge in [0.1, 0.15) is 5.75 Å². The molecular formula is C17H26O2. The van der Waals surface area contributed by atoms with E-state index in [1.54, 1.807) is 6.92 Å². The Hall–Kier alpha value is -1.02. The Kier molecular flexibility index (Phi) is 4.51. The van der Waals surface area contributed by atoms with Gasteiger partial charge in [0.25, 0.3) is 0 Å². The quantitative estimate of drug-likeness (QED) is 0.882. The monoisotopic (exact) mass is 262 g/mol. The van der Waals surface area contributed by atoms with Gasteiger partial charge in [-0.05, 0) is 68.2 Å². The van der Waals surface area contributed by atoms with E-state index in [1.165, 1.54) is 6.42 Å². The molecule has 0 aliphatic heterocycles. The van der Waals surface area contributed by atoms with Crippen molar-refractivity contribution in [3.05, 3.63) is 29.3 Å². The van der Waals surface area contributed by atoms with Gasteiger partial charge in [0.2, 0.25) is 0 Å². The van der Waals surface area contributed by atoms with Crippen LogP contribution in [0.4, 0.5) is 0 Å². The minimum Gasteiger partial charge on any atom is -0.490 e. The Balaban J connectivity index is 2.03. The van der Waals surface area contributed by atoms with Crippen molar-refractivity contribution in [1.29, 1.82) is 0 Å². The normalized spacial score (nSPS) is 29.0. The average Bonchev–Trinajstić information content (AvgIpc) is 2.36. The number of hydrogen-bond donors (Lipinski definition) is 1. The van der Waals surface area contributed by atoms with Crippen molar-refractivity contribution in [3.8, 4) is 5.75 Å². The van der Waals surface area contributed by atoms with Gasteiger partial charge in [-0.2, -0.15) is 0 Å². The lowest BCUT2D eigenvalue weighted by molar-refractivity contribution is 0.0999. The van der Waals surface area contributed by atoms with Gasteiger partial charge in [-0.15, -0.1) is 0 Å². The largest absolute Gasteiger partial charge is 0.490 e. The van der Waals surface area contributed by atoms with Crippen LogP contribution in [0.1, 0.15) is 57.3 Å². The van der Waals surface area contributed by atoms with E-state index in [4.69, 9.17) is 4.74 Å². The maximum Gasteiger partial charge on any atom is 0.122 e. The van der Waals surface area contributed by atoms with Gasteiger partial charge in [-0.3, -0.25) is 0 Å². The highest BCUT2D eigenvalue weighted by molar-refractivity contribution is 5.37. The van der Waals surface area contributed by atoms with Gasteiger partial charge in [0.05, 0.1) is 12.2 Å². The van der Waals surface area contributed by atoms with Gasteiger partial charge in [0, 0.05) is 0 Å². The molecule has 3 unspecified atom stereocenters. The number of rotatable bonds is 3. The molecule has 2 rings (SSSR count). The zero-order chi connectivity index (χ0) is 14.0. The summed E-state index contributed by atoms with van der Waals surface area (Å²) in [5.41, 5.74) is 2.07. The number of aliphatic hydroxyl groups excluding tert-OH is 1. The highest BCUT2D eigenvalue weighted by Gasteiger charge is 2.26. The van der Waals surface area contributed by atoms with E-state index in [0.717, 1.165) is 41.6 Å². The predicted molar refractivity (Wildman–Crippen MR) is 78.4 cm³/mol. The first-order valence-corrected chi connectivity index (χ1v) is 7.42. The first kappa shape index (κ1) is 14.4. The molecule has 4 atom stereocenters. The van der Waals surface area contributed by atoms with Crippen molar-refractivity contribution in [1.82, 2.24) is 0 Å². The molecule has 0 amide bonds. The molecule has 1 aliphatic rings. The molecule has 0 bridgehead atoms. The standard InChI is InChI=1S/C17H26O2/c1-11-5-7-16(10-12(11)2)19-17-8-6-15(14(4)18)9-13(17)3/h6,8-9,11-12,14,16,18H,5,7,10H2,1-4H3/t11?,12?,14-,16?/m1/s1. The number of aryl methyl sites for hydroxylation is 1. The summed E-state index contributed by atoms with van der Waals surface area (Å²) in [7, 11) is 0. The average molecular weight is 262 g/mol. The number of benzene rings is 1. The molecule has 2 nitrogen and oxygen atoms in total. The first-order chi connectivity index (χ1) is 8.97. The number of hydrogen-bond acceptors (Lipinski definition) is 2. The van der Waals surface area contributed by atoms with E-state index in [1.807, 2.05) is 18.2 Å². The molecule has 19 heavy (non-hydrogen) atoms. The molecule has 0 heterocycles. The van der Waals surface area contributed by atoms with E-state index >= 15 is 0 Å². The molecule has 1 saturated carbocycles. The van der Waals surface area contributed by atoms with Crippen molar-refractivity contribution >= 4 is 0 Å². The SMILES string of the molecule is Cc1cc([C@@H](C)O)ccc1OC1CCC(C)C(C)C1. The van der Waals surface area contributed by atoms with Crippen LogP contribution in [0.3, 0.4) is 0 Å². The summed E-state index contributed by atoms with van der Waals surface area (Å²) in [6.07, 6.45) is 3.50. The maximum absolute atomic E-state index is 9.58. The summed E-state index contributed by atoms with van der Waals surface area (Å²) < 4.78 is 6.16. The van der Waals surface area contributed by atoms with Gasteiger partial charge in [-0.1, -0.05) is 19.9 Å². The Morgan fingerprint density at radius 3 is 2.53 bits per heavy atom. The topological polar surface area (TPSA) is 29.5 Å². The number of ether oxygens (including phenoxy) is 1. The van der Waals surface area contributed by atoms with Crippen LogP contribution in [0.2, 0.25) is 0 Å². The van der Waals surface area contributed by atoms with Crippen molar-refractivity contribution < 1.29 is 9.84 Å². The fourth-order valence-corrected chi connectivity index (χ4v) is 2.85. The fourth-order valence-electron chi connectivity index (χ4n) is 2.85. The Morgan fingerprint density at radius 2 is 1.95 bits per heavy atom. The molecular weight excluding hydrogens is 236 g/mol. The van der Waals surface area contributed by atoms with Crippen LogP contribution in [0, 0.1) is 18.8 Å². The molecule has 1 aromatic carbocycles. The van der Waals surface area contributed by atoms with Crippen molar-refractivity contribution in [2.24, 2.45) is 11.8 Å². The molecule has 2 heteroatoms. The zero-order valence-corrected chi connectivity index (χ0v) is 12.5. The van der Waals surface area contributed by atoms with E-state index < -0.39 is 6.10 Å². The molecule has 0 spiro atoms. The summed E-state index contributed by atoms with van der Waals surface area (Å²) in [6.45, 7) is 8.50.